The summed E-state index contributed by atoms with van der Waals surface area (Å²) < 4.78 is 5.15. The van der Waals surface area contributed by atoms with Gasteiger partial charge in [0.05, 0.1) is 12.7 Å². The van der Waals surface area contributed by atoms with Crippen LogP contribution in [0.4, 0.5) is 0 Å². The quantitative estimate of drug-likeness (QED) is 0.547. The third kappa shape index (κ3) is 4.04. The number of hydrogen-bond donors (Lipinski definition) is 2. The second kappa shape index (κ2) is 5.51. The van der Waals surface area contributed by atoms with Gasteiger partial charge in [-0.2, -0.15) is 0 Å². The van der Waals surface area contributed by atoms with Crippen LogP contribution in [0.1, 0.15) is 19.8 Å². The predicted molar refractivity (Wildman–Crippen MR) is 48.1 cm³/mol. The molecule has 0 aromatic heterocycles. The number of rotatable bonds is 7. The van der Waals surface area contributed by atoms with Gasteiger partial charge in [-0.05, 0) is 25.7 Å². The van der Waals surface area contributed by atoms with E-state index in [9.17, 15) is 5.11 Å². The van der Waals surface area contributed by atoms with Crippen molar-refractivity contribution in [3.63, 3.8) is 0 Å². The van der Waals surface area contributed by atoms with E-state index in [1.807, 2.05) is 6.92 Å². The first-order valence-corrected chi connectivity index (χ1v) is 4.81. The van der Waals surface area contributed by atoms with E-state index >= 15 is 0 Å². The van der Waals surface area contributed by atoms with E-state index in [4.69, 9.17) is 4.74 Å². The van der Waals surface area contributed by atoms with Crippen LogP contribution >= 0.6 is 0 Å². The SMILES string of the molecule is CCOCCNCC(O)C1CC1. The zero-order valence-electron chi connectivity index (χ0n) is 7.75. The van der Waals surface area contributed by atoms with Crippen molar-refractivity contribution >= 4 is 0 Å². The van der Waals surface area contributed by atoms with Gasteiger partial charge in [0.1, 0.15) is 0 Å². The summed E-state index contributed by atoms with van der Waals surface area (Å²) in [5.74, 6) is 0.574. The molecule has 0 heterocycles. The number of nitrogens with one attached hydrogen (secondary N) is 1. The van der Waals surface area contributed by atoms with Crippen molar-refractivity contribution in [2.45, 2.75) is 25.9 Å². The lowest BCUT2D eigenvalue weighted by Gasteiger charge is -2.09. The number of aliphatic hydroxyl groups is 1. The molecule has 0 spiro atoms. The Balaban J connectivity index is 1.81. The molecule has 0 aromatic carbocycles. The van der Waals surface area contributed by atoms with Gasteiger partial charge in [0, 0.05) is 19.7 Å². The van der Waals surface area contributed by atoms with Crippen LogP contribution in [0.2, 0.25) is 0 Å². The van der Waals surface area contributed by atoms with Gasteiger partial charge in [0.15, 0.2) is 0 Å². The van der Waals surface area contributed by atoms with Crippen LogP contribution in [0.3, 0.4) is 0 Å². The van der Waals surface area contributed by atoms with E-state index in [1.54, 1.807) is 0 Å². The highest BCUT2D eigenvalue weighted by molar-refractivity contribution is 4.81. The zero-order valence-corrected chi connectivity index (χ0v) is 7.75. The Bertz CT molecular complexity index is 115. The molecule has 0 saturated heterocycles. The molecule has 1 unspecified atom stereocenters. The highest BCUT2D eigenvalue weighted by Crippen LogP contribution is 2.32. The fraction of sp³-hybridized carbons (Fsp3) is 1.00. The Morgan fingerprint density at radius 2 is 2.33 bits per heavy atom. The van der Waals surface area contributed by atoms with Crippen LogP contribution in [-0.4, -0.2) is 37.5 Å². The van der Waals surface area contributed by atoms with Crippen molar-refractivity contribution in [2.24, 2.45) is 5.92 Å². The van der Waals surface area contributed by atoms with Gasteiger partial charge in [-0.3, -0.25) is 0 Å². The van der Waals surface area contributed by atoms with Crippen molar-refractivity contribution in [1.29, 1.82) is 0 Å². The van der Waals surface area contributed by atoms with E-state index in [2.05, 4.69) is 5.32 Å². The molecule has 0 amide bonds. The molecule has 2 N–H and O–H groups in total. The molecule has 1 atom stereocenters. The molecule has 0 aliphatic heterocycles. The molecule has 1 fully saturated rings. The minimum atomic E-state index is -0.133. The lowest BCUT2D eigenvalue weighted by atomic mass is 10.2. The standard InChI is InChI=1S/C9H19NO2/c1-2-12-6-5-10-7-9(11)8-3-4-8/h8-11H,2-7H2,1H3. The normalized spacial score (nSPS) is 19.5. The van der Waals surface area contributed by atoms with Crippen LogP contribution in [0, 0.1) is 5.92 Å². The smallest absolute Gasteiger partial charge is 0.0692 e. The second-order valence-electron chi connectivity index (χ2n) is 3.31. The molecule has 0 bridgehead atoms. The molecule has 1 aliphatic carbocycles. The maximum absolute atomic E-state index is 9.44. The second-order valence-corrected chi connectivity index (χ2v) is 3.31. The van der Waals surface area contributed by atoms with Crippen molar-refractivity contribution in [1.82, 2.24) is 5.32 Å². The Morgan fingerprint density at radius 1 is 1.58 bits per heavy atom. The van der Waals surface area contributed by atoms with Crippen LogP contribution in [0.25, 0.3) is 0 Å². The summed E-state index contributed by atoms with van der Waals surface area (Å²) >= 11 is 0. The highest BCUT2D eigenvalue weighted by Gasteiger charge is 2.28. The van der Waals surface area contributed by atoms with E-state index < -0.39 is 0 Å². The lowest BCUT2D eigenvalue weighted by Crippen LogP contribution is -2.30. The summed E-state index contributed by atoms with van der Waals surface area (Å²) in [7, 11) is 0. The minimum Gasteiger partial charge on any atom is -0.392 e. The summed E-state index contributed by atoms with van der Waals surface area (Å²) in [5, 5.41) is 12.6. The van der Waals surface area contributed by atoms with E-state index in [-0.39, 0.29) is 6.10 Å². The fourth-order valence-electron chi connectivity index (χ4n) is 1.19. The molecular formula is C9H19NO2. The number of hydrogen-bond acceptors (Lipinski definition) is 3. The van der Waals surface area contributed by atoms with Crippen molar-refractivity contribution < 1.29 is 9.84 Å². The molecule has 1 rings (SSSR count). The van der Waals surface area contributed by atoms with Crippen LogP contribution < -0.4 is 5.32 Å². The molecule has 1 saturated carbocycles. The lowest BCUT2D eigenvalue weighted by molar-refractivity contribution is 0.129. The van der Waals surface area contributed by atoms with Gasteiger partial charge in [-0.25, -0.2) is 0 Å². The van der Waals surface area contributed by atoms with Crippen molar-refractivity contribution in [3.8, 4) is 0 Å². The largest absolute Gasteiger partial charge is 0.392 e. The van der Waals surface area contributed by atoms with Gasteiger partial charge < -0.3 is 15.2 Å². The van der Waals surface area contributed by atoms with E-state index in [0.717, 1.165) is 26.3 Å². The van der Waals surface area contributed by atoms with Crippen molar-refractivity contribution in [3.05, 3.63) is 0 Å². The first kappa shape index (κ1) is 9.96. The maximum atomic E-state index is 9.44. The minimum absolute atomic E-state index is 0.133. The van der Waals surface area contributed by atoms with Gasteiger partial charge in [0.25, 0.3) is 0 Å². The Kier molecular flexibility index (Phi) is 4.58. The average molecular weight is 173 g/mol. The molecule has 0 aromatic rings. The van der Waals surface area contributed by atoms with Crippen LogP contribution in [-0.2, 0) is 4.74 Å². The predicted octanol–water partition coefficient (Wildman–Crippen LogP) is 0.383. The Labute approximate surface area is 74.1 Å². The fourth-order valence-corrected chi connectivity index (χ4v) is 1.19. The first-order chi connectivity index (χ1) is 5.84. The summed E-state index contributed by atoms with van der Waals surface area (Å²) in [6, 6.07) is 0. The van der Waals surface area contributed by atoms with Gasteiger partial charge >= 0.3 is 0 Å². The third-order valence-corrected chi connectivity index (χ3v) is 2.15. The summed E-state index contributed by atoms with van der Waals surface area (Å²) in [6.45, 7) is 5.06. The van der Waals surface area contributed by atoms with E-state index in [1.165, 1.54) is 12.8 Å². The molecule has 72 valence electrons. The summed E-state index contributed by atoms with van der Waals surface area (Å²) in [6.07, 6.45) is 2.27. The Hall–Kier alpha value is -0.120. The van der Waals surface area contributed by atoms with E-state index in [0.29, 0.717) is 5.92 Å². The molecule has 12 heavy (non-hydrogen) atoms. The summed E-state index contributed by atoms with van der Waals surface area (Å²) in [5.41, 5.74) is 0. The molecule has 1 aliphatic rings. The Morgan fingerprint density at radius 3 is 2.92 bits per heavy atom. The molecule has 3 nitrogen and oxygen atoms in total. The average Bonchev–Trinajstić information content (AvgIpc) is 2.86. The van der Waals surface area contributed by atoms with Gasteiger partial charge in [-0.1, -0.05) is 0 Å². The number of ether oxygens (including phenoxy) is 1. The topological polar surface area (TPSA) is 41.5 Å². The molecule has 3 heteroatoms. The van der Waals surface area contributed by atoms with Gasteiger partial charge in [0.2, 0.25) is 0 Å². The summed E-state index contributed by atoms with van der Waals surface area (Å²) in [4.78, 5) is 0. The van der Waals surface area contributed by atoms with Crippen molar-refractivity contribution in [2.75, 3.05) is 26.3 Å². The number of aliphatic hydroxyl groups excluding tert-OH is 1. The zero-order chi connectivity index (χ0) is 8.81. The molecular weight excluding hydrogens is 154 g/mol. The molecule has 0 radical (unpaired) electrons. The monoisotopic (exact) mass is 173 g/mol. The third-order valence-electron chi connectivity index (χ3n) is 2.15. The van der Waals surface area contributed by atoms with Gasteiger partial charge in [-0.15, -0.1) is 0 Å². The van der Waals surface area contributed by atoms with Crippen LogP contribution in [0.15, 0.2) is 0 Å². The maximum Gasteiger partial charge on any atom is 0.0692 e. The first-order valence-electron chi connectivity index (χ1n) is 4.81. The highest BCUT2D eigenvalue weighted by atomic mass is 16.5. The van der Waals surface area contributed by atoms with Crippen LogP contribution in [0.5, 0.6) is 0 Å².